The van der Waals surface area contributed by atoms with E-state index in [0.29, 0.717) is 0 Å². The zero-order chi connectivity index (χ0) is 8.81. The minimum absolute atomic E-state index is 0.762. The molecule has 1 aliphatic rings. The van der Waals surface area contributed by atoms with Crippen molar-refractivity contribution >= 4 is 0 Å². The van der Waals surface area contributed by atoms with Crippen LogP contribution in [-0.2, 0) is 0 Å². The van der Waals surface area contributed by atoms with Crippen LogP contribution in [-0.4, -0.2) is 37.6 Å². The zero-order valence-corrected chi connectivity index (χ0v) is 8.05. The van der Waals surface area contributed by atoms with Gasteiger partial charge >= 0.3 is 0 Å². The van der Waals surface area contributed by atoms with Crippen molar-refractivity contribution in [3.8, 4) is 0 Å². The summed E-state index contributed by atoms with van der Waals surface area (Å²) < 4.78 is 0. The molecule has 0 aromatic rings. The van der Waals surface area contributed by atoms with Crippen molar-refractivity contribution in [1.82, 2.24) is 10.2 Å². The van der Waals surface area contributed by atoms with Crippen molar-refractivity contribution in [2.45, 2.75) is 25.3 Å². The van der Waals surface area contributed by atoms with Crippen molar-refractivity contribution in [1.29, 1.82) is 0 Å². The molecule has 2 nitrogen and oxygen atoms in total. The number of hydrogen-bond acceptors (Lipinski definition) is 2. The summed E-state index contributed by atoms with van der Waals surface area (Å²) in [5.41, 5.74) is 0. The summed E-state index contributed by atoms with van der Waals surface area (Å²) in [6.45, 7) is 7.15. The molecule has 0 aromatic carbocycles. The zero-order valence-electron chi connectivity index (χ0n) is 8.05. The molecule has 1 rings (SSSR count). The Hall–Kier alpha value is -0.340. The first-order valence-electron chi connectivity index (χ1n) is 4.86. The largest absolute Gasteiger partial charge is 0.317 e. The van der Waals surface area contributed by atoms with E-state index in [2.05, 4.69) is 23.8 Å². The highest BCUT2D eigenvalue weighted by molar-refractivity contribution is 4.79. The molecule has 0 spiro atoms. The lowest BCUT2D eigenvalue weighted by molar-refractivity contribution is 0.247. The number of rotatable bonds is 3. The van der Waals surface area contributed by atoms with E-state index in [-0.39, 0.29) is 0 Å². The third-order valence-electron chi connectivity index (χ3n) is 2.59. The minimum atomic E-state index is 0.762. The van der Waals surface area contributed by atoms with Crippen LogP contribution in [0.5, 0.6) is 0 Å². The molecule has 1 heterocycles. The molecule has 0 saturated carbocycles. The second-order valence-corrected chi connectivity index (χ2v) is 3.56. The monoisotopic (exact) mass is 168 g/mol. The third-order valence-corrected chi connectivity index (χ3v) is 2.59. The summed E-state index contributed by atoms with van der Waals surface area (Å²) in [7, 11) is 2.19. The molecule has 0 amide bonds. The molecule has 70 valence electrons. The van der Waals surface area contributed by atoms with Gasteiger partial charge in [-0.05, 0) is 39.4 Å². The molecule has 1 unspecified atom stereocenters. The van der Waals surface area contributed by atoms with Gasteiger partial charge in [-0.1, -0.05) is 6.08 Å². The van der Waals surface area contributed by atoms with Crippen LogP contribution in [0.25, 0.3) is 0 Å². The average Bonchev–Trinajstić information content (AvgIpc) is 2.32. The number of likely N-dealkylation sites (N-methyl/N-ethyl adjacent to an activating group) is 1. The first-order chi connectivity index (χ1) is 5.84. The lowest BCUT2D eigenvalue weighted by atomic mass is 10.1. The first kappa shape index (κ1) is 9.75. The molecule has 1 atom stereocenters. The number of hydrogen-bond donors (Lipinski definition) is 1. The van der Waals surface area contributed by atoms with E-state index in [4.69, 9.17) is 0 Å². The van der Waals surface area contributed by atoms with Crippen LogP contribution >= 0.6 is 0 Å². The smallest absolute Gasteiger partial charge is 0.0160 e. The van der Waals surface area contributed by atoms with Crippen LogP contribution < -0.4 is 5.32 Å². The second-order valence-electron chi connectivity index (χ2n) is 3.56. The Kier molecular flexibility index (Phi) is 4.33. The van der Waals surface area contributed by atoms with Crippen molar-refractivity contribution in [2.75, 3.05) is 26.7 Å². The van der Waals surface area contributed by atoms with Gasteiger partial charge in [0, 0.05) is 12.6 Å². The van der Waals surface area contributed by atoms with E-state index in [1.807, 2.05) is 6.08 Å². The minimum Gasteiger partial charge on any atom is -0.317 e. The van der Waals surface area contributed by atoms with Crippen LogP contribution in [0, 0.1) is 0 Å². The van der Waals surface area contributed by atoms with E-state index < -0.39 is 0 Å². The van der Waals surface area contributed by atoms with Gasteiger partial charge in [-0.3, -0.25) is 4.90 Å². The highest BCUT2D eigenvalue weighted by atomic mass is 15.1. The SMILES string of the molecule is C=CCN(C)C1CCCNCC1. The van der Waals surface area contributed by atoms with Crippen molar-refractivity contribution in [3.63, 3.8) is 0 Å². The van der Waals surface area contributed by atoms with E-state index in [9.17, 15) is 0 Å². The lowest BCUT2D eigenvalue weighted by Gasteiger charge is -2.25. The van der Waals surface area contributed by atoms with Crippen LogP contribution in [0.2, 0.25) is 0 Å². The van der Waals surface area contributed by atoms with Gasteiger partial charge in [0.25, 0.3) is 0 Å². The van der Waals surface area contributed by atoms with Gasteiger partial charge in [0.05, 0.1) is 0 Å². The molecule has 0 aliphatic carbocycles. The highest BCUT2D eigenvalue weighted by Gasteiger charge is 2.14. The Morgan fingerprint density at radius 3 is 3.08 bits per heavy atom. The average molecular weight is 168 g/mol. The molecule has 1 N–H and O–H groups in total. The normalized spacial score (nSPS) is 25.3. The maximum atomic E-state index is 3.76. The lowest BCUT2D eigenvalue weighted by Crippen LogP contribution is -2.32. The van der Waals surface area contributed by atoms with E-state index in [1.54, 1.807) is 0 Å². The van der Waals surface area contributed by atoms with Gasteiger partial charge < -0.3 is 5.32 Å². The Balaban J connectivity index is 2.31. The predicted molar refractivity (Wildman–Crippen MR) is 53.3 cm³/mol. The van der Waals surface area contributed by atoms with Crippen molar-refractivity contribution in [3.05, 3.63) is 12.7 Å². The predicted octanol–water partition coefficient (Wildman–Crippen LogP) is 1.25. The van der Waals surface area contributed by atoms with Gasteiger partial charge in [0.15, 0.2) is 0 Å². The Morgan fingerprint density at radius 2 is 2.33 bits per heavy atom. The molecule has 1 fully saturated rings. The summed E-state index contributed by atoms with van der Waals surface area (Å²) in [5.74, 6) is 0. The Morgan fingerprint density at radius 1 is 1.50 bits per heavy atom. The van der Waals surface area contributed by atoms with E-state index >= 15 is 0 Å². The molecule has 0 aromatic heterocycles. The molecule has 2 heteroatoms. The molecular weight excluding hydrogens is 148 g/mol. The summed E-state index contributed by atoms with van der Waals surface area (Å²) in [5, 5.41) is 3.42. The topological polar surface area (TPSA) is 15.3 Å². The maximum absolute atomic E-state index is 3.76. The fourth-order valence-electron chi connectivity index (χ4n) is 1.79. The third kappa shape index (κ3) is 2.95. The summed E-state index contributed by atoms with van der Waals surface area (Å²) in [6.07, 6.45) is 5.91. The molecular formula is C10H20N2. The second kappa shape index (κ2) is 5.33. The van der Waals surface area contributed by atoms with Gasteiger partial charge in [0.1, 0.15) is 0 Å². The van der Waals surface area contributed by atoms with E-state index in [1.165, 1.54) is 32.4 Å². The first-order valence-corrected chi connectivity index (χ1v) is 4.86. The molecule has 1 saturated heterocycles. The molecule has 0 radical (unpaired) electrons. The van der Waals surface area contributed by atoms with Gasteiger partial charge in [-0.2, -0.15) is 0 Å². The van der Waals surface area contributed by atoms with Crippen molar-refractivity contribution < 1.29 is 0 Å². The van der Waals surface area contributed by atoms with Crippen LogP contribution in [0.1, 0.15) is 19.3 Å². The number of nitrogens with zero attached hydrogens (tertiary/aromatic N) is 1. The number of nitrogens with one attached hydrogen (secondary N) is 1. The Labute approximate surface area is 75.6 Å². The van der Waals surface area contributed by atoms with Crippen molar-refractivity contribution in [2.24, 2.45) is 0 Å². The summed E-state index contributed by atoms with van der Waals surface area (Å²) in [6, 6.07) is 0.762. The van der Waals surface area contributed by atoms with E-state index in [0.717, 1.165) is 12.6 Å². The standard InChI is InChI=1S/C10H20N2/c1-3-9-12(2)10-5-4-7-11-8-6-10/h3,10-11H,1,4-9H2,2H3. The fourth-order valence-corrected chi connectivity index (χ4v) is 1.79. The van der Waals surface area contributed by atoms with Gasteiger partial charge in [-0.25, -0.2) is 0 Å². The quantitative estimate of drug-likeness (QED) is 0.638. The van der Waals surface area contributed by atoms with Gasteiger partial charge in [-0.15, -0.1) is 6.58 Å². The van der Waals surface area contributed by atoms with Crippen LogP contribution in [0.15, 0.2) is 12.7 Å². The summed E-state index contributed by atoms with van der Waals surface area (Å²) >= 11 is 0. The van der Waals surface area contributed by atoms with Crippen LogP contribution in [0.3, 0.4) is 0 Å². The molecule has 12 heavy (non-hydrogen) atoms. The maximum Gasteiger partial charge on any atom is 0.0160 e. The molecule has 1 aliphatic heterocycles. The fraction of sp³-hybridized carbons (Fsp3) is 0.800. The highest BCUT2D eigenvalue weighted by Crippen LogP contribution is 2.10. The van der Waals surface area contributed by atoms with Crippen LogP contribution in [0.4, 0.5) is 0 Å². The molecule has 0 bridgehead atoms. The summed E-state index contributed by atoms with van der Waals surface area (Å²) in [4.78, 5) is 2.40. The van der Waals surface area contributed by atoms with Gasteiger partial charge in [0.2, 0.25) is 0 Å². The Bertz CT molecular complexity index is 126.